The molecule has 0 aliphatic heterocycles. The third-order valence-corrected chi connectivity index (χ3v) is 2.19. The van der Waals surface area contributed by atoms with E-state index in [2.05, 4.69) is 9.72 Å². The second-order valence-corrected chi connectivity index (χ2v) is 3.31. The van der Waals surface area contributed by atoms with Crippen LogP contribution >= 0.6 is 0 Å². The van der Waals surface area contributed by atoms with Crippen molar-refractivity contribution in [1.82, 2.24) is 4.98 Å². The number of halogens is 2. The first-order valence-corrected chi connectivity index (χ1v) is 5.13. The Morgan fingerprint density at radius 1 is 1.12 bits per heavy atom. The smallest absolute Gasteiger partial charge is 0.345 e. The lowest BCUT2D eigenvalue weighted by molar-refractivity contribution is -0.133. The van der Waals surface area contributed by atoms with Gasteiger partial charge in [0.25, 0.3) is 0 Å². The van der Waals surface area contributed by atoms with Gasteiger partial charge in [-0.2, -0.15) is 8.78 Å². The lowest BCUT2D eigenvalue weighted by Gasteiger charge is -2.08. The molecule has 1 aromatic carbocycles. The third-order valence-electron chi connectivity index (χ3n) is 2.19. The number of hydrogen-bond donors (Lipinski definition) is 0. The van der Waals surface area contributed by atoms with E-state index < -0.39 is 6.61 Å². The van der Waals surface area contributed by atoms with E-state index in [0.29, 0.717) is 5.75 Å². The summed E-state index contributed by atoms with van der Waals surface area (Å²) >= 11 is 0. The van der Waals surface area contributed by atoms with Crippen molar-refractivity contribution in [3.05, 3.63) is 36.5 Å². The Morgan fingerprint density at radius 3 is 2.76 bits per heavy atom. The zero-order valence-corrected chi connectivity index (χ0v) is 8.98. The van der Waals surface area contributed by atoms with E-state index in [1.165, 1.54) is 0 Å². The molecule has 0 saturated heterocycles. The minimum absolute atomic E-state index is 0.0817. The molecule has 5 heteroatoms. The summed E-state index contributed by atoms with van der Waals surface area (Å²) in [6.45, 7) is -2.82. The highest BCUT2D eigenvalue weighted by atomic mass is 19.3. The highest BCUT2D eigenvalue weighted by molar-refractivity contribution is 5.84. The van der Waals surface area contributed by atoms with Gasteiger partial charge in [0.15, 0.2) is 0 Å². The molecule has 0 aliphatic rings. The van der Waals surface area contributed by atoms with Gasteiger partial charge in [-0.25, -0.2) is 0 Å². The van der Waals surface area contributed by atoms with Crippen molar-refractivity contribution in [2.24, 2.45) is 0 Å². The third kappa shape index (κ3) is 3.10. The molecule has 0 spiro atoms. The second kappa shape index (κ2) is 5.54. The van der Waals surface area contributed by atoms with E-state index >= 15 is 0 Å². The molecule has 2 rings (SSSR count). The Bertz CT molecular complexity index is 485. The molecule has 1 heterocycles. The van der Waals surface area contributed by atoms with Crippen LogP contribution in [0.15, 0.2) is 36.5 Å². The summed E-state index contributed by atoms with van der Waals surface area (Å²) in [5.74, 6) is 0.619. The summed E-state index contributed by atoms with van der Waals surface area (Å²) < 4.78 is 32.9. The number of pyridine rings is 1. The van der Waals surface area contributed by atoms with Gasteiger partial charge in [0.05, 0.1) is 12.1 Å². The van der Waals surface area contributed by atoms with E-state index in [1.54, 1.807) is 12.3 Å². The Kier molecular flexibility index (Phi) is 3.82. The van der Waals surface area contributed by atoms with E-state index in [1.807, 2.05) is 24.3 Å². The predicted octanol–water partition coefficient (Wildman–Crippen LogP) is 2.85. The van der Waals surface area contributed by atoms with Crippen LogP contribution in [0.3, 0.4) is 0 Å². The first-order valence-electron chi connectivity index (χ1n) is 5.13. The summed E-state index contributed by atoms with van der Waals surface area (Å²) in [6.07, 6.45) is 1.62. The molecule has 90 valence electrons. The summed E-state index contributed by atoms with van der Waals surface area (Å²) in [7, 11) is 0. The minimum Gasteiger partial charge on any atom is -0.490 e. The quantitative estimate of drug-likeness (QED) is 0.752. The average Bonchev–Trinajstić information content (AvgIpc) is 2.34. The van der Waals surface area contributed by atoms with Gasteiger partial charge in [-0.1, -0.05) is 12.1 Å². The number of nitrogens with zero attached hydrogens (tertiary/aromatic N) is 1. The fourth-order valence-corrected chi connectivity index (χ4v) is 1.48. The molecule has 1 aromatic heterocycles. The number of para-hydroxylation sites is 1. The lowest BCUT2D eigenvalue weighted by atomic mass is 10.2. The number of fused-ring (bicyclic) bond motifs is 1. The number of ether oxygens (including phenoxy) is 2. The van der Waals surface area contributed by atoms with E-state index in [9.17, 15) is 8.78 Å². The predicted molar refractivity (Wildman–Crippen MR) is 59.2 cm³/mol. The molecule has 0 N–H and O–H groups in total. The van der Waals surface area contributed by atoms with E-state index in [4.69, 9.17) is 4.74 Å². The maximum atomic E-state index is 11.7. The molecule has 2 aromatic rings. The Hall–Kier alpha value is -1.75. The molecule has 0 unspecified atom stereocenters. The van der Waals surface area contributed by atoms with Crippen LogP contribution in [0.1, 0.15) is 0 Å². The number of aromatic nitrogens is 1. The molecule has 0 radical (unpaired) electrons. The largest absolute Gasteiger partial charge is 0.490 e. The standard InChI is InChI=1S/C12H11F2NO2/c13-12(14)17-8-7-16-11-5-6-15-10-4-2-1-3-9(10)11/h1-6,12H,7-8H2. The van der Waals surface area contributed by atoms with Gasteiger partial charge in [-0.3, -0.25) is 4.98 Å². The molecule has 0 amide bonds. The number of alkyl halides is 2. The van der Waals surface area contributed by atoms with Gasteiger partial charge in [0, 0.05) is 11.6 Å². The van der Waals surface area contributed by atoms with Crippen LogP contribution in [0.4, 0.5) is 8.78 Å². The van der Waals surface area contributed by atoms with Crippen LogP contribution in [0, 0.1) is 0 Å². The average molecular weight is 239 g/mol. The van der Waals surface area contributed by atoms with Gasteiger partial charge in [0.1, 0.15) is 12.4 Å². The number of hydrogen-bond acceptors (Lipinski definition) is 3. The van der Waals surface area contributed by atoms with Crippen molar-refractivity contribution in [3.8, 4) is 5.75 Å². The number of benzene rings is 1. The molecule has 0 atom stereocenters. The van der Waals surface area contributed by atoms with Crippen LogP contribution in [-0.2, 0) is 4.74 Å². The molecular weight excluding hydrogens is 228 g/mol. The topological polar surface area (TPSA) is 31.4 Å². The minimum atomic E-state index is -2.76. The number of rotatable bonds is 5. The fourth-order valence-electron chi connectivity index (χ4n) is 1.48. The van der Waals surface area contributed by atoms with Crippen LogP contribution in [0.5, 0.6) is 5.75 Å². The normalized spacial score (nSPS) is 11.0. The molecule has 3 nitrogen and oxygen atoms in total. The molecule has 0 aliphatic carbocycles. The highest BCUT2D eigenvalue weighted by Crippen LogP contribution is 2.22. The van der Waals surface area contributed by atoms with Gasteiger partial charge in [-0.15, -0.1) is 0 Å². The molecule has 17 heavy (non-hydrogen) atoms. The summed E-state index contributed by atoms with van der Waals surface area (Å²) in [6, 6.07) is 9.17. The highest BCUT2D eigenvalue weighted by Gasteiger charge is 2.04. The fraction of sp³-hybridized carbons (Fsp3) is 0.250. The Labute approximate surface area is 97.0 Å². The maximum Gasteiger partial charge on any atom is 0.345 e. The zero-order chi connectivity index (χ0) is 12.1. The summed E-state index contributed by atoms with van der Waals surface area (Å²) in [5, 5.41) is 0.854. The van der Waals surface area contributed by atoms with E-state index in [0.717, 1.165) is 10.9 Å². The van der Waals surface area contributed by atoms with Crippen molar-refractivity contribution in [1.29, 1.82) is 0 Å². The first kappa shape index (κ1) is 11.7. The summed E-state index contributed by atoms with van der Waals surface area (Å²) in [4.78, 5) is 4.17. The van der Waals surface area contributed by atoms with Crippen LogP contribution in [0.25, 0.3) is 10.9 Å². The van der Waals surface area contributed by atoms with Crippen LogP contribution in [-0.4, -0.2) is 24.8 Å². The van der Waals surface area contributed by atoms with Gasteiger partial charge >= 0.3 is 6.61 Å². The van der Waals surface area contributed by atoms with Crippen LogP contribution in [0.2, 0.25) is 0 Å². The molecule has 0 saturated carbocycles. The van der Waals surface area contributed by atoms with E-state index in [-0.39, 0.29) is 13.2 Å². The molecule has 0 bridgehead atoms. The SMILES string of the molecule is FC(F)OCCOc1ccnc2ccccc12. The van der Waals surface area contributed by atoms with Gasteiger partial charge in [0.2, 0.25) is 0 Å². The monoisotopic (exact) mass is 239 g/mol. The Morgan fingerprint density at radius 2 is 1.94 bits per heavy atom. The first-order chi connectivity index (χ1) is 8.27. The maximum absolute atomic E-state index is 11.7. The summed E-state index contributed by atoms with van der Waals surface area (Å²) in [5.41, 5.74) is 0.805. The second-order valence-electron chi connectivity index (χ2n) is 3.31. The Balaban J connectivity index is 2.03. The molecule has 0 fully saturated rings. The zero-order valence-electron chi connectivity index (χ0n) is 8.98. The van der Waals surface area contributed by atoms with Crippen LogP contribution < -0.4 is 4.74 Å². The van der Waals surface area contributed by atoms with Gasteiger partial charge in [-0.05, 0) is 18.2 Å². The van der Waals surface area contributed by atoms with Crippen molar-refractivity contribution in [2.45, 2.75) is 6.61 Å². The van der Waals surface area contributed by atoms with Crippen molar-refractivity contribution in [3.63, 3.8) is 0 Å². The van der Waals surface area contributed by atoms with Crippen molar-refractivity contribution >= 4 is 10.9 Å². The lowest BCUT2D eigenvalue weighted by Crippen LogP contribution is -2.09. The molecular formula is C12H11F2NO2. The van der Waals surface area contributed by atoms with Crippen molar-refractivity contribution in [2.75, 3.05) is 13.2 Å². The van der Waals surface area contributed by atoms with Crippen molar-refractivity contribution < 1.29 is 18.3 Å². The van der Waals surface area contributed by atoms with Gasteiger partial charge < -0.3 is 9.47 Å².